The number of carbonyl (C=O) groups is 2. The molecule has 1 aromatic rings. The van der Waals surface area contributed by atoms with E-state index in [1.165, 1.54) is 23.1 Å². The van der Waals surface area contributed by atoms with Crippen molar-refractivity contribution in [2.45, 2.75) is 19.4 Å². The summed E-state index contributed by atoms with van der Waals surface area (Å²) in [6.45, 7) is 1.97. The summed E-state index contributed by atoms with van der Waals surface area (Å²) in [5.41, 5.74) is 0.295. The molecule has 1 N–H and O–H groups in total. The van der Waals surface area contributed by atoms with Crippen molar-refractivity contribution in [2.75, 3.05) is 24.6 Å². The van der Waals surface area contributed by atoms with E-state index in [9.17, 15) is 18.0 Å². The lowest BCUT2D eigenvalue weighted by Crippen LogP contribution is -2.46. The molecule has 0 bridgehead atoms. The topological polar surface area (TPSA) is 83.6 Å². The predicted molar refractivity (Wildman–Crippen MR) is 93.2 cm³/mol. The van der Waals surface area contributed by atoms with E-state index in [2.05, 4.69) is 5.32 Å². The van der Waals surface area contributed by atoms with E-state index in [-0.39, 0.29) is 35.0 Å². The normalized spacial score (nSPS) is 19.0. The SMILES string of the molecule is CCN(C(=O)CNC(=O)c1ccc(Cl)c(Cl)c1)C1CCS(=O)(=O)C1. The summed E-state index contributed by atoms with van der Waals surface area (Å²) >= 11 is 11.7. The molecule has 2 amide bonds. The lowest BCUT2D eigenvalue weighted by molar-refractivity contribution is -0.131. The van der Waals surface area contributed by atoms with Crippen LogP contribution in [-0.2, 0) is 14.6 Å². The van der Waals surface area contributed by atoms with E-state index in [0.717, 1.165) is 0 Å². The summed E-state index contributed by atoms with van der Waals surface area (Å²) < 4.78 is 23.1. The molecule has 0 saturated carbocycles. The summed E-state index contributed by atoms with van der Waals surface area (Å²) in [4.78, 5) is 25.9. The van der Waals surface area contributed by atoms with E-state index in [1.807, 2.05) is 0 Å². The Morgan fingerprint density at radius 3 is 2.54 bits per heavy atom. The minimum atomic E-state index is -3.08. The Labute approximate surface area is 151 Å². The maximum Gasteiger partial charge on any atom is 0.251 e. The third-order valence-electron chi connectivity index (χ3n) is 3.89. The first kappa shape index (κ1) is 19.0. The largest absolute Gasteiger partial charge is 0.343 e. The fourth-order valence-corrected chi connectivity index (χ4v) is 4.69. The number of nitrogens with zero attached hydrogens (tertiary/aromatic N) is 1. The molecule has 9 heteroatoms. The minimum Gasteiger partial charge on any atom is -0.343 e. The van der Waals surface area contributed by atoms with Crippen molar-refractivity contribution in [3.8, 4) is 0 Å². The smallest absolute Gasteiger partial charge is 0.251 e. The van der Waals surface area contributed by atoms with Gasteiger partial charge in [0.25, 0.3) is 5.91 Å². The highest BCUT2D eigenvalue weighted by Gasteiger charge is 2.33. The quantitative estimate of drug-likeness (QED) is 0.827. The van der Waals surface area contributed by atoms with Crippen molar-refractivity contribution < 1.29 is 18.0 Å². The molecule has 0 spiro atoms. The van der Waals surface area contributed by atoms with Gasteiger partial charge in [-0.3, -0.25) is 9.59 Å². The Hall–Kier alpha value is -1.31. The fourth-order valence-electron chi connectivity index (χ4n) is 2.66. The van der Waals surface area contributed by atoms with Gasteiger partial charge in [-0.25, -0.2) is 8.42 Å². The maximum absolute atomic E-state index is 12.3. The van der Waals surface area contributed by atoms with Crippen LogP contribution in [0.2, 0.25) is 10.0 Å². The van der Waals surface area contributed by atoms with Gasteiger partial charge in [0, 0.05) is 18.2 Å². The van der Waals surface area contributed by atoms with Crippen LogP contribution in [0.5, 0.6) is 0 Å². The van der Waals surface area contributed by atoms with Crippen molar-refractivity contribution in [3.63, 3.8) is 0 Å². The number of sulfone groups is 1. The molecule has 0 aliphatic carbocycles. The first-order chi connectivity index (χ1) is 11.2. The molecular formula is C15H18Cl2N2O4S. The fraction of sp³-hybridized carbons (Fsp3) is 0.467. The molecule has 0 radical (unpaired) electrons. The van der Waals surface area contributed by atoms with Crippen LogP contribution in [0.4, 0.5) is 0 Å². The number of benzene rings is 1. The average Bonchev–Trinajstić information content (AvgIpc) is 2.88. The standard InChI is InChI=1S/C15H18Cl2N2O4S/c1-2-19(11-5-6-24(22,23)9-11)14(20)8-18-15(21)10-3-4-12(16)13(17)7-10/h3-4,7,11H,2,5-6,8-9H2,1H3,(H,18,21). The third kappa shape index (κ3) is 4.62. The van der Waals surface area contributed by atoms with Gasteiger partial charge < -0.3 is 10.2 Å². The van der Waals surface area contributed by atoms with Crippen LogP contribution in [0, 0.1) is 0 Å². The van der Waals surface area contributed by atoms with Gasteiger partial charge in [-0.2, -0.15) is 0 Å². The summed E-state index contributed by atoms with van der Waals surface area (Å²) in [6.07, 6.45) is 0.433. The average molecular weight is 393 g/mol. The molecule has 1 saturated heterocycles. The molecule has 1 fully saturated rings. The highest BCUT2D eigenvalue weighted by Crippen LogP contribution is 2.22. The number of amides is 2. The maximum atomic E-state index is 12.3. The van der Waals surface area contributed by atoms with Crippen LogP contribution >= 0.6 is 23.2 Å². The Balaban J connectivity index is 1.95. The highest BCUT2D eigenvalue weighted by molar-refractivity contribution is 7.91. The lowest BCUT2D eigenvalue weighted by atomic mass is 10.2. The third-order valence-corrected chi connectivity index (χ3v) is 6.38. The second kappa shape index (κ2) is 7.72. The Kier molecular flexibility index (Phi) is 6.11. The van der Waals surface area contributed by atoms with Crippen LogP contribution < -0.4 is 5.32 Å². The van der Waals surface area contributed by atoms with Crippen molar-refractivity contribution in [1.29, 1.82) is 0 Å². The van der Waals surface area contributed by atoms with E-state index >= 15 is 0 Å². The number of halogens is 2. The van der Waals surface area contributed by atoms with Crippen molar-refractivity contribution in [1.82, 2.24) is 10.2 Å². The number of carbonyl (C=O) groups excluding carboxylic acids is 2. The Bertz CT molecular complexity index is 752. The molecule has 1 aliphatic heterocycles. The molecular weight excluding hydrogens is 375 g/mol. The lowest BCUT2D eigenvalue weighted by Gasteiger charge is -2.27. The number of nitrogens with one attached hydrogen (secondary N) is 1. The second-order valence-electron chi connectivity index (χ2n) is 5.55. The number of rotatable bonds is 5. The monoisotopic (exact) mass is 392 g/mol. The molecule has 1 aromatic carbocycles. The van der Waals surface area contributed by atoms with Crippen LogP contribution in [-0.4, -0.2) is 55.8 Å². The molecule has 0 aromatic heterocycles. The van der Waals surface area contributed by atoms with E-state index in [0.29, 0.717) is 23.6 Å². The van der Waals surface area contributed by atoms with Crippen LogP contribution in [0.15, 0.2) is 18.2 Å². The molecule has 24 heavy (non-hydrogen) atoms. The number of likely N-dealkylation sites (N-methyl/N-ethyl adjacent to an activating group) is 1. The van der Waals surface area contributed by atoms with Crippen molar-refractivity contribution >= 4 is 44.9 Å². The van der Waals surface area contributed by atoms with Gasteiger partial charge in [-0.1, -0.05) is 23.2 Å². The van der Waals surface area contributed by atoms with Crippen molar-refractivity contribution in [3.05, 3.63) is 33.8 Å². The van der Waals surface area contributed by atoms with Gasteiger partial charge in [0.05, 0.1) is 28.1 Å². The van der Waals surface area contributed by atoms with E-state index in [4.69, 9.17) is 23.2 Å². The first-order valence-electron chi connectivity index (χ1n) is 7.46. The van der Waals surface area contributed by atoms with Gasteiger partial charge in [0.15, 0.2) is 9.84 Å². The van der Waals surface area contributed by atoms with Crippen LogP contribution in [0.3, 0.4) is 0 Å². The van der Waals surface area contributed by atoms with Crippen LogP contribution in [0.25, 0.3) is 0 Å². The summed E-state index contributed by atoms with van der Waals surface area (Å²) in [5.74, 6) is -0.685. The molecule has 2 rings (SSSR count). The molecule has 1 atom stereocenters. The molecule has 1 heterocycles. The first-order valence-corrected chi connectivity index (χ1v) is 10.0. The zero-order valence-electron chi connectivity index (χ0n) is 13.1. The molecule has 132 valence electrons. The van der Waals surface area contributed by atoms with Gasteiger partial charge in [-0.05, 0) is 31.5 Å². The second-order valence-corrected chi connectivity index (χ2v) is 8.59. The zero-order chi connectivity index (χ0) is 17.9. The minimum absolute atomic E-state index is 0.0205. The zero-order valence-corrected chi connectivity index (χ0v) is 15.4. The molecule has 1 aliphatic rings. The molecule has 1 unspecified atom stereocenters. The van der Waals surface area contributed by atoms with E-state index in [1.54, 1.807) is 6.92 Å². The Morgan fingerprint density at radius 1 is 1.29 bits per heavy atom. The summed E-state index contributed by atoms with van der Waals surface area (Å²) in [7, 11) is -3.08. The van der Waals surface area contributed by atoms with Gasteiger partial charge in [0.1, 0.15) is 0 Å². The number of hydrogen-bond acceptors (Lipinski definition) is 4. The van der Waals surface area contributed by atoms with Gasteiger partial charge in [-0.15, -0.1) is 0 Å². The van der Waals surface area contributed by atoms with Gasteiger partial charge in [0.2, 0.25) is 5.91 Å². The Morgan fingerprint density at radius 2 is 2.00 bits per heavy atom. The van der Waals surface area contributed by atoms with Crippen LogP contribution in [0.1, 0.15) is 23.7 Å². The summed E-state index contributed by atoms with van der Waals surface area (Å²) in [5, 5.41) is 3.11. The summed E-state index contributed by atoms with van der Waals surface area (Å²) in [6, 6.07) is 4.11. The number of hydrogen-bond donors (Lipinski definition) is 1. The predicted octanol–water partition coefficient (Wildman–Crippen LogP) is 1.76. The molecule has 6 nitrogen and oxygen atoms in total. The highest BCUT2D eigenvalue weighted by atomic mass is 35.5. The van der Waals surface area contributed by atoms with Gasteiger partial charge >= 0.3 is 0 Å². The van der Waals surface area contributed by atoms with Crippen molar-refractivity contribution in [2.24, 2.45) is 0 Å². The van der Waals surface area contributed by atoms with E-state index < -0.39 is 15.7 Å².